The van der Waals surface area contributed by atoms with Crippen LogP contribution in [0.25, 0.3) is 11.2 Å². The molecule has 0 spiro atoms. The molecule has 4 N–H and O–H groups in total. The van der Waals surface area contributed by atoms with E-state index < -0.39 is 5.97 Å². The maximum absolute atomic E-state index is 10.7. The number of nitrogen functional groups attached to an aromatic ring is 1. The Labute approximate surface area is 86.3 Å². The summed E-state index contributed by atoms with van der Waals surface area (Å²) in [5.41, 5.74) is 6.08. The van der Waals surface area contributed by atoms with Gasteiger partial charge in [-0.1, -0.05) is 0 Å². The molecule has 0 saturated heterocycles. The van der Waals surface area contributed by atoms with Crippen LogP contribution < -0.4 is 5.73 Å². The minimum absolute atomic E-state index is 0.0978. The van der Waals surface area contributed by atoms with E-state index in [1.165, 1.54) is 0 Å². The van der Waals surface area contributed by atoms with Crippen LogP contribution in [0.1, 0.15) is 10.5 Å². The monoisotopic (exact) mass is 256 g/mol. The third kappa shape index (κ3) is 1.22. The number of aromatic amines is 1. The molecular weight excluding hydrogens is 252 g/mol. The molecule has 2 rings (SSSR count). The van der Waals surface area contributed by atoms with Crippen LogP contribution >= 0.6 is 15.9 Å². The van der Waals surface area contributed by atoms with Gasteiger partial charge in [-0.3, -0.25) is 0 Å². The van der Waals surface area contributed by atoms with Gasteiger partial charge in [0, 0.05) is 6.20 Å². The molecule has 0 aliphatic heterocycles. The van der Waals surface area contributed by atoms with Crippen LogP contribution in [0.15, 0.2) is 10.7 Å². The molecule has 0 unspecified atom stereocenters. The number of rotatable bonds is 1. The average Bonchev–Trinajstić information content (AvgIpc) is 2.46. The van der Waals surface area contributed by atoms with Crippen molar-refractivity contribution in [1.82, 2.24) is 15.0 Å². The van der Waals surface area contributed by atoms with Crippen molar-refractivity contribution in [3.05, 3.63) is 16.4 Å². The number of halogens is 1. The van der Waals surface area contributed by atoms with Crippen molar-refractivity contribution in [2.45, 2.75) is 0 Å². The topological polar surface area (TPSA) is 105 Å². The molecule has 2 heterocycles. The van der Waals surface area contributed by atoms with Crippen molar-refractivity contribution in [3.8, 4) is 0 Å². The molecule has 0 amide bonds. The van der Waals surface area contributed by atoms with E-state index in [1.54, 1.807) is 6.20 Å². The highest BCUT2D eigenvalue weighted by molar-refractivity contribution is 9.10. The van der Waals surface area contributed by atoms with Crippen LogP contribution in [0.3, 0.4) is 0 Å². The van der Waals surface area contributed by atoms with Gasteiger partial charge in [0.25, 0.3) is 0 Å². The molecule has 2 aromatic heterocycles. The first kappa shape index (κ1) is 8.95. The van der Waals surface area contributed by atoms with Gasteiger partial charge in [-0.15, -0.1) is 0 Å². The second-order valence-electron chi connectivity index (χ2n) is 2.60. The van der Waals surface area contributed by atoms with Gasteiger partial charge in [0.05, 0.1) is 4.47 Å². The van der Waals surface area contributed by atoms with Crippen molar-refractivity contribution >= 4 is 38.9 Å². The Bertz CT molecular complexity index is 522. The summed E-state index contributed by atoms with van der Waals surface area (Å²) in [5, 5.41) is 8.75. The van der Waals surface area contributed by atoms with Crippen LogP contribution in [0, 0.1) is 0 Å². The molecule has 0 radical (unpaired) electrons. The summed E-state index contributed by atoms with van der Waals surface area (Å²) in [4.78, 5) is 21.2. The Kier molecular flexibility index (Phi) is 1.88. The number of nitrogens with zero attached hydrogens (tertiary/aromatic N) is 2. The molecular formula is C7H5BrN4O2. The second-order valence-corrected chi connectivity index (χ2v) is 3.45. The lowest BCUT2D eigenvalue weighted by Gasteiger charge is -1.98. The number of H-pyrrole nitrogens is 1. The molecule has 72 valence electrons. The highest BCUT2D eigenvalue weighted by Gasteiger charge is 2.14. The number of hydrogen-bond acceptors (Lipinski definition) is 4. The standard InChI is InChI=1S/C7H5BrN4O2/c8-2-1-10-6-3(2)11-4(7(13)14)5(9)12-6/h1H,(H,13,14)(H3,9,10,12). The first-order valence-corrected chi connectivity index (χ1v) is 4.42. The second kappa shape index (κ2) is 2.95. The van der Waals surface area contributed by atoms with Gasteiger partial charge in [-0.25, -0.2) is 14.8 Å². The maximum atomic E-state index is 10.7. The van der Waals surface area contributed by atoms with E-state index in [0.717, 1.165) is 0 Å². The highest BCUT2D eigenvalue weighted by atomic mass is 79.9. The highest BCUT2D eigenvalue weighted by Crippen LogP contribution is 2.21. The number of nitrogens with one attached hydrogen (secondary N) is 1. The van der Waals surface area contributed by atoms with Crippen LogP contribution in [-0.2, 0) is 0 Å². The molecule has 2 aromatic rings. The van der Waals surface area contributed by atoms with Gasteiger partial charge >= 0.3 is 5.97 Å². The van der Waals surface area contributed by atoms with Gasteiger partial charge in [0.1, 0.15) is 5.52 Å². The summed E-state index contributed by atoms with van der Waals surface area (Å²) in [6.07, 6.45) is 1.62. The lowest BCUT2D eigenvalue weighted by molar-refractivity contribution is 0.0692. The number of aromatic nitrogens is 3. The number of carboxylic acid groups (broad SMARTS) is 1. The summed E-state index contributed by atoms with van der Waals surface area (Å²) in [7, 11) is 0. The maximum Gasteiger partial charge on any atom is 0.358 e. The Morgan fingerprint density at radius 3 is 2.93 bits per heavy atom. The molecule has 0 atom stereocenters. The summed E-state index contributed by atoms with van der Waals surface area (Å²) in [6, 6.07) is 0. The molecule has 0 aliphatic carbocycles. The number of anilines is 1. The first-order valence-electron chi connectivity index (χ1n) is 3.63. The molecule has 14 heavy (non-hydrogen) atoms. The minimum atomic E-state index is -1.19. The summed E-state index contributed by atoms with van der Waals surface area (Å²) < 4.78 is 0.655. The summed E-state index contributed by atoms with van der Waals surface area (Å²) >= 11 is 3.21. The van der Waals surface area contributed by atoms with Gasteiger partial charge in [0.2, 0.25) is 0 Å². The van der Waals surface area contributed by atoms with Gasteiger partial charge < -0.3 is 15.8 Å². The van der Waals surface area contributed by atoms with E-state index in [-0.39, 0.29) is 11.5 Å². The molecule has 0 aliphatic rings. The van der Waals surface area contributed by atoms with Crippen molar-refractivity contribution in [2.75, 3.05) is 5.73 Å². The molecule has 0 aromatic carbocycles. The SMILES string of the molecule is Nc1nc2[nH]cc(Br)c2nc1C(=O)O. The quantitative estimate of drug-likeness (QED) is 0.706. The number of fused-ring (bicyclic) bond motifs is 1. The predicted octanol–water partition coefficient (Wildman–Crippen LogP) is 1.00. The third-order valence-electron chi connectivity index (χ3n) is 1.69. The zero-order valence-electron chi connectivity index (χ0n) is 6.78. The Balaban J connectivity index is 2.80. The zero-order chi connectivity index (χ0) is 10.3. The molecule has 7 heteroatoms. The smallest absolute Gasteiger partial charge is 0.358 e. The van der Waals surface area contributed by atoms with E-state index in [2.05, 4.69) is 30.9 Å². The largest absolute Gasteiger partial charge is 0.476 e. The number of nitrogens with two attached hydrogens (primary N) is 1. The van der Waals surface area contributed by atoms with E-state index in [0.29, 0.717) is 15.6 Å². The fraction of sp³-hybridized carbons (Fsp3) is 0. The Morgan fingerprint density at radius 2 is 2.29 bits per heavy atom. The average molecular weight is 257 g/mol. The van der Waals surface area contributed by atoms with E-state index in [1.807, 2.05) is 0 Å². The van der Waals surface area contributed by atoms with Crippen LogP contribution in [0.4, 0.5) is 5.82 Å². The van der Waals surface area contributed by atoms with Crippen LogP contribution in [0.5, 0.6) is 0 Å². The molecule has 0 bridgehead atoms. The third-order valence-corrected chi connectivity index (χ3v) is 2.29. The fourth-order valence-corrected chi connectivity index (χ4v) is 1.46. The van der Waals surface area contributed by atoms with E-state index >= 15 is 0 Å². The lowest BCUT2D eigenvalue weighted by atomic mass is 10.4. The number of hydrogen-bond donors (Lipinski definition) is 3. The number of carbonyl (C=O) groups is 1. The van der Waals surface area contributed by atoms with Gasteiger partial charge in [0.15, 0.2) is 17.2 Å². The van der Waals surface area contributed by atoms with Crippen LogP contribution in [0.2, 0.25) is 0 Å². The van der Waals surface area contributed by atoms with E-state index in [9.17, 15) is 4.79 Å². The van der Waals surface area contributed by atoms with Crippen molar-refractivity contribution in [1.29, 1.82) is 0 Å². The van der Waals surface area contributed by atoms with Crippen LogP contribution in [-0.4, -0.2) is 26.0 Å². The first-order chi connectivity index (χ1) is 6.59. The predicted molar refractivity (Wildman–Crippen MR) is 53.0 cm³/mol. The summed E-state index contributed by atoms with van der Waals surface area (Å²) in [5.74, 6) is -1.29. The Morgan fingerprint density at radius 1 is 1.57 bits per heavy atom. The lowest BCUT2D eigenvalue weighted by Crippen LogP contribution is -2.07. The van der Waals surface area contributed by atoms with Crippen molar-refractivity contribution < 1.29 is 9.90 Å². The van der Waals surface area contributed by atoms with Crippen molar-refractivity contribution in [2.24, 2.45) is 0 Å². The minimum Gasteiger partial charge on any atom is -0.476 e. The van der Waals surface area contributed by atoms with Crippen molar-refractivity contribution in [3.63, 3.8) is 0 Å². The number of aromatic carboxylic acids is 1. The molecule has 6 nitrogen and oxygen atoms in total. The number of carboxylic acids is 1. The van der Waals surface area contributed by atoms with E-state index in [4.69, 9.17) is 10.8 Å². The van der Waals surface area contributed by atoms with Gasteiger partial charge in [-0.05, 0) is 15.9 Å². The van der Waals surface area contributed by atoms with Gasteiger partial charge in [-0.2, -0.15) is 0 Å². The molecule has 0 saturated carbocycles. The zero-order valence-corrected chi connectivity index (χ0v) is 8.37. The normalized spacial score (nSPS) is 10.6. The molecule has 0 fully saturated rings. The summed E-state index contributed by atoms with van der Waals surface area (Å²) in [6.45, 7) is 0. The fourth-order valence-electron chi connectivity index (χ4n) is 1.07. The Hall–Kier alpha value is -1.63.